The predicted octanol–water partition coefficient (Wildman–Crippen LogP) is 3.19. The minimum Gasteiger partial charge on any atom is -0.496 e. The van der Waals surface area contributed by atoms with Crippen LogP contribution in [0, 0.1) is 6.92 Å². The number of carbonyl (C=O) groups is 2. The lowest BCUT2D eigenvalue weighted by molar-refractivity contribution is -0.148. The van der Waals surface area contributed by atoms with E-state index in [4.69, 9.17) is 4.74 Å². The Bertz CT molecular complexity index is 823. The first-order valence-electron chi connectivity index (χ1n) is 9.16. The van der Waals surface area contributed by atoms with Crippen molar-refractivity contribution in [2.75, 3.05) is 20.2 Å². The van der Waals surface area contributed by atoms with Gasteiger partial charge < -0.3 is 14.7 Å². The fraction of sp³-hybridized carbons (Fsp3) is 0.364. The van der Waals surface area contributed by atoms with Gasteiger partial charge in [-0.15, -0.1) is 0 Å². The van der Waals surface area contributed by atoms with Crippen LogP contribution >= 0.6 is 0 Å². The summed E-state index contributed by atoms with van der Waals surface area (Å²) in [6.07, 6.45) is 1.15. The molecular formula is C22H25NO4. The highest BCUT2D eigenvalue weighted by Gasteiger charge is 2.43. The molecule has 0 aliphatic carbocycles. The largest absolute Gasteiger partial charge is 0.496 e. The van der Waals surface area contributed by atoms with Crippen LogP contribution in [0.25, 0.3) is 0 Å². The number of benzene rings is 2. The maximum absolute atomic E-state index is 12.7. The predicted molar refractivity (Wildman–Crippen MR) is 103 cm³/mol. The van der Waals surface area contributed by atoms with Gasteiger partial charge in [0.2, 0.25) is 5.91 Å². The van der Waals surface area contributed by atoms with Crippen molar-refractivity contribution in [3.05, 3.63) is 65.2 Å². The Labute approximate surface area is 159 Å². The third-order valence-corrected chi connectivity index (χ3v) is 5.53. The third-order valence-electron chi connectivity index (χ3n) is 5.53. The number of piperidine rings is 1. The number of hydrogen-bond acceptors (Lipinski definition) is 3. The van der Waals surface area contributed by atoms with E-state index in [0.717, 1.165) is 22.4 Å². The van der Waals surface area contributed by atoms with E-state index in [0.29, 0.717) is 32.4 Å². The van der Waals surface area contributed by atoms with Crippen LogP contribution in [0.4, 0.5) is 0 Å². The molecule has 2 aromatic rings. The molecule has 1 aliphatic rings. The Morgan fingerprint density at radius 3 is 2.37 bits per heavy atom. The molecule has 0 saturated carbocycles. The number of carbonyl (C=O) groups excluding carboxylic acids is 1. The molecule has 1 amide bonds. The van der Waals surface area contributed by atoms with Gasteiger partial charge in [-0.3, -0.25) is 9.59 Å². The lowest BCUT2D eigenvalue weighted by Gasteiger charge is -2.39. The van der Waals surface area contributed by atoms with E-state index in [1.54, 1.807) is 12.0 Å². The second kappa shape index (κ2) is 7.82. The van der Waals surface area contributed by atoms with Crippen LogP contribution in [0.15, 0.2) is 48.5 Å². The highest BCUT2D eigenvalue weighted by Crippen LogP contribution is 2.36. The summed E-state index contributed by atoms with van der Waals surface area (Å²) in [7, 11) is 1.62. The van der Waals surface area contributed by atoms with Gasteiger partial charge in [0.1, 0.15) is 5.75 Å². The number of aryl methyl sites for hydroxylation is 1. The number of aliphatic carboxylic acids is 1. The molecule has 0 bridgehead atoms. The highest BCUT2D eigenvalue weighted by atomic mass is 16.5. The van der Waals surface area contributed by atoms with E-state index in [1.165, 1.54) is 0 Å². The van der Waals surface area contributed by atoms with Crippen LogP contribution < -0.4 is 4.74 Å². The molecule has 1 saturated heterocycles. The molecule has 0 atom stereocenters. The monoisotopic (exact) mass is 367 g/mol. The first-order valence-corrected chi connectivity index (χ1v) is 9.16. The maximum atomic E-state index is 12.7. The quantitative estimate of drug-likeness (QED) is 0.881. The first-order chi connectivity index (χ1) is 13.0. The fourth-order valence-electron chi connectivity index (χ4n) is 3.78. The van der Waals surface area contributed by atoms with Crippen LogP contribution in [0.5, 0.6) is 5.75 Å². The Balaban J connectivity index is 1.69. The molecule has 1 heterocycles. The Morgan fingerprint density at radius 1 is 1.11 bits per heavy atom. The van der Waals surface area contributed by atoms with E-state index >= 15 is 0 Å². The summed E-state index contributed by atoms with van der Waals surface area (Å²) in [6.45, 7) is 2.86. The lowest BCUT2D eigenvalue weighted by atomic mass is 9.73. The zero-order valence-electron chi connectivity index (χ0n) is 15.8. The van der Waals surface area contributed by atoms with Gasteiger partial charge in [0, 0.05) is 13.1 Å². The average molecular weight is 367 g/mol. The minimum atomic E-state index is -0.912. The van der Waals surface area contributed by atoms with Crippen LogP contribution in [0.1, 0.15) is 29.5 Å². The molecule has 27 heavy (non-hydrogen) atoms. The summed E-state index contributed by atoms with van der Waals surface area (Å²) < 4.78 is 5.33. The maximum Gasteiger partial charge on any atom is 0.314 e. The van der Waals surface area contributed by atoms with E-state index in [1.807, 2.05) is 55.5 Å². The average Bonchev–Trinajstić information content (AvgIpc) is 2.70. The van der Waals surface area contributed by atoms with Gasteiger partial charge in [0.15, 0.2) is 0 Å². The van der Waals surface area contributed by atoms with Gasteiger partial charge in [-0.2, -0.15) is 0 Å². The molecule has 2 aromatic carbocycles. The molecule has 5 heteroatoms. The number of nitrogens with zero attached hydrogens (tertiary/aromatic N) is 1. The molecule has 1 fully saturated rings. The molecule has 1 N–H and O–H groups in total. The third kappa shape index (κ3) is 3.82. The number of methoxy groups -OCH3 is 1. The van der Waals surface area contributed by atoms with Gasteiger partial charge in [-0.1, -0.05) is 42.5 Å². The van der Waals surface area contributed by atoms with E-state index in [9.17, 15) is 14.7 Å². The minimum absolute atomic E-state index is 0.0213. The number of ether oxygens (including phenoxy) is 1. The molecular weight excluding hydrogens is 342 g/mol. The SMILES string of the molecule is COc1cc(CC(=O)N2CCC(C(=O)O)(c3ccccc3)CC2)ccc1C. The molecule has 3 rings (SSSR count). The molecule has 1 aliphatic heterocycles. The second-order valence-electron chi connectivity index (χ2n) is 7.11. The number of rotatable bonds is 5. The number of likely N-dealkylation sites (tertiary alicyclic amines) is 1. The van der Waals surface area contributed by atoms with Crippen molar-refractivity contribution in [1.82, 2.24) is 4.90 Å². The molecule has 5 nitrogen and oxygen atoms in total. The molecule has 0 spiro atoms. The van der Waals surface area contributed by atoms with Gasteiger partial charge in [-0.25, -0.2) is 0 Å². The van der Waals surface area contributed by atoms with Crippen molar-refractivity contribution in [3.8, 4) is 5.75 Å². The highest BCUT2D eigenvalue weighted by molar-refractivity contribution is 5.83. The van der Waals surface area contributed by atoms with Crippen molar-refractivity contribution in [2.24, 2.45) is 0 Å². The molecule has 0 radical (unpaired) electrons. The standard InChI is InChI=1S/C22H25NO4/c1-16-8-9-17(14-19(16)27-2)15-20(24)23-12-10-22(11-13-23,21(25)26)18-6-4-3-5-7-18/h3-9,14H,10-13,15H2,1-2H3,(H,25,26). The van der Waals surface area contributed by atoms with Crippen molar-refractivity contribution in [2.45, 2.75) is 31.6 Å². The summed E-state index contributed by atoms with van der Waals surface area (Å²) in [6, 6.07) is 15.1. The summed E-state index contributed by atoms with van der Waals surface area (Å²) >= 11 is 0. The number of carboxylic acids is 1. The lowest BCUT2D eigenvalue weighted by Crippen LogP contribution is -2.49. The van der Waals surface area contributed by atoms with Gasteiger partial charge in [0.05, 0.1) is 18.9 Å². The Hall–Kier alpha value is -2.82. The van der Waals surface area contributed by atoms with Crippen molar-refractivity contribution in [3.63, 3.8) is 0 Å². The van der Waals surface area contributed by atoms with E-state index < -0.39 is 11.4 Å². The van der Waals surface area contributed by atoms with Crippen LogP contribution in [0.2, 0.25) is 0 Å². The van der Waals surface area contributed by atoms with Gasteiger partial charge in [0.25, 0.3) is 0 Å². The summed E-state index contributed by atoms with van der Waals surface area (Å²) in [5.41, 5.74) is 1.83. The molecule has 0 unspecified atom stereocenters. The van der Waals surface area contributed by atoms with E-state index in [2.05, 4.69) is 0 Å². The topological polar surface area (TPSA) is 66.8 Å². The molecule has 142 valence electrons. The van der Waals surface area contributed by atoms with Crippen molar-refractivity contribution < 1.29 is 19.4 Å². The van der Waals surface area contributed by atoms with Crippen LogP contribution in [-0.2, 0) is 21.4 Å². The van der Waals surface area contributed by atoms with Gasteiger partial charge in [-0.05, 0) is 42.5 Å². The normalized spacial score (nSPS) is 16.0. The number of hydrogen-bond donors (Lipinski definition) is 1. The van der Waals surface area contributed by atoms with Crippen LogP contribution in [-0.4, -0.2) is 42.1 Å². The number of amides is 1. The smallest absolute Gasteiger partial charge is 0.314 e. The Morgan fingerprint density at radius 2 is 1.78 bits per heavy atom. The summed E-state index contributed by atoms with van der Waals surface area (Å²) in [5, 5.41) is 9.87. The van der Waals surface area contributed by atoms with Crippen molar-refractivity contribution in [1.29, 1.82) is 0 Å². The zero-order valence-corrected chi connectivity index (χ0v) is 15.8. The summed E-state index contributed by atoms with van der Waals surface area (Å²) in [5.74, 6) is -0.0232. The summed E-state index contributed by atoms with van der Waals surface area (Å²) in [4.78, 5) is 26.5. The number of carboxylic acid groups (broad SMARTS) is 1. The first kappa shape index (κ1) is 19.0. The van der Waals surface area contributed by atoms with Gasteiger partial charge >= 0.3 is 5.97 Å². The van der Waals surface area contributed by atoms with E-state index in [-0.39, 0.29) is 5.91 Å². The fourth-order valence-corrected chi connectivity index (χ4v) is 3.78. The van der Waals surface area contributed by atoms with Crippen LogP contribution in [0.3, 0.4) is 0 Å². The Kier molecular flexibility index (Phi) is 5.49. The second-order valence-corrected chi connectivity index (χ2v) is 7.11. The molecule has 0 aromatic heterocycles. The zero-order chi connectivity index (χ0) is 19.4. The van der Waals surface area contributed by atoms with Crippen molar-refractivity contribution >= 4 is 11.9 Å².